The molecule has 1 saturated carbocycles. The fourth-order valence-electron chi connectivity index (χ4n) is 3.17. The Morgan fingerprint density at radius 1 is 1.03 bits per heavy atom. The van der Waals surface area contributed by atoms with Crippen LogP contribution in [-0.2, 0) is 17.8 Å². The van der Waals surface area contributed by atoms with Crippen molar-refractivity contribution in [2.45, 2.75) is 31.8 Å². The van der Waals surface area contributed by atoms with Crippen LogP contribution in [0.15, 0.2) is 53.3 Å². The van der Waals surface area contributed by atoms with Crippen LogP contribution in [0.2, 0.25) is 0 Å². The third kappa shape index (κ3) is 4.42. The van der Waals surface area contributed by atoms with Gasteiger partial charge in [0.25, 0.3) is 0 Å². The molecule has 0 unspecified atom stereocenters. The first-order valence-electron chi connectivity index (χ1n) is 9.47. The number of halogens is 2. The lowest BCUT2D eigenvalue weighted by Gasteiger charge is -2.05. The van der Waals surface area contributed by atoms with Gasteiger partial charge in [-0.05, 0) is 54.8 Å². The molecule has 150 valence electrons. The molecule has 1 N–H and O–H groups in total. The zero-order chi connectivity index (χ0) is 20.4. The number of rotatable bonds is 7. The number of nitrogens with zero attached hydrogens (tertiary/aromatic N) is 3. The standard InChI is InChI=1S/C21H20F2N4O2/c22-16-5-1-14(2-6-16)13-19(28)24-11-12-26-21(29)27(18-9-10-18)20(25-26)15-3-7-17(23)8-4-15/h1-8,18H,9-13H2,(H,24,28). The molecule has 29 heavy (non-hydrogen) atoms. The van der Waals surface area contributed by atoms with E-state index in [1.54, 1.807) is 28.8 Å². The molecule has 6 nitrogen and oxygen atoms in total. The van der Waals surface area contributed by atoms with Gasteiger partial charge < -0.3 is 5.32 Å². The van der Waals surface area contributed by atoms with Crippen molar-refractivity contribution in [2.75, 3.05) is 6.54 Å². The molecule has 4 rings (SSSR count). The van der Waals surface area contributed by atoms with Gasteiger partial charge in [-0.3, -0.25) is 9.36 Å². The zero-order valence-electron chi connectivity index (χ0n) is 15.6. The second-order valence-corrected chi connectivity index (χ2v) is 7.09. The minimum Gasteiger partial charge on any atom is -0.354 e. The summed E-state index contributed by atoms with van der Waals surface area (Å²) in [4.78, 5) is 24.8. The van der Waals surface area contributed by atoms with Gasteiger partial charge in [-0.2, -0.15) is 0 Å². The number of carbonyl (C=O) groups is 1. The lowest BCUT2D eigenvalue weighted by Crippen LogP contribution is -2.32. The third-order valence-electron chi connectivity index (χ3n) is 4.81. The Bertz CT molecular complexity index is 1070. The normalized spacial score (nSPS) is 13.4. The first-order valence-corrected chi connectivity index (χ1v) is 9.47. The molecular weight excluding hydrogens is 378 g/mol. The molecule has 0 aliphatic heterocycles. The summed E-state index contributed by atoms with van der Waals surface area (Å²) in [6.45, 7) is 0.465. The summed E-state index contributed by atoms with van der Waals surface area (Å²) >= 11 is 0. The van der Waals surface area contributed by atoms with Crippen molar-refractivity contribution in [1.29, 1.82) is 0 Å². The second-order valence-electron chi connectivity index (χ2n) is 7.09. The Morgan fingerprint density at radius 2 is 1.66 bits per heavy atom. The number of amides is 1. The summed E-state index contributed by atoms with van der Waals surface area (Å²) in [7, 11) is 0. The van der Waals surface area contributed by atoms with E-state index in [0.29, 0.717) is 17.0 Å². The summed E-state index contributed by atoms with van der Waals surface area (Å²) in [6.07, 6.45) is 1.95. The highest BCUT2D eigenvalue weighted by Gasteiger charge is 2.30. The molecule has 1 heterocycles. The Kier molecular flexibility index (Phi) is 5.24. The summed E-state index contributed by atoms with van der Waals surface area (Å²) in [5.74, 6) is -0.408. The van der Waals surface area contributed by atoms with Gasteiger partial charge in [0.05, 0.1) is 13.0 Å². The van der Waals surface area contributed by atoms with E-state index >= 15 is 0 Å². The van der Waals surface area contributed by atoms with E-state index in [1.807, 2.05) is 0 Å². The average Bonchev–Trinajstić information content (AvgIpc) is 3.49. The van der Waals surface area contributed by atoms with Crippen molar-refractivity contribution in [2.24, 2.45) is 0 Å². The van der Waals surface area contributed by atoms with E-state index in [0.717, 1.165) is 12.8 Å². The molecule has 1 aromatic heterocycles. The molecule has 2 aromatic carbocycles. The van der Waals surface area contributed by atoms with Gasteiger partial charge in [0, 0.05) is 18.2 Å². The summed E-state index contributed by atoms with van der Waals surface area (Å²) in [5, 5.41) is 7.16. The van der Waals surface area contributed by atoms with Crippen LogP contribution in [0.1, 0.15) is 24.4 Å². The number of benzene rings is 2. The minimum atomic E-state index is -0.350. The zero-order valence-corrected chi connectivity index (χ0v) is 15.6. The maximum atomic E-state index is 13.2. The quantitative estimate of drug-likeness (QED) is 0.665. The second kappa shape index (κ2) is 7.98. The Labute approximate surface area is 165 Å². The van der Waals surface area contributed by atoms with Gasteiger partial charge in [-0.1, -0.05) is 12.1 Å². The molecule has 0 atom stereocenters. The topological polar surface area (TPSA) is 68.9 Å². The largest absolute Gasteiger partial charge is 0.354 e. The smallest absolute Gasteiger partial charge is 0.346 e. The van der Waals surface area contributed by atoms with Crippen molar-refractivity contribution >= 4 is 5.91 Å². The number of hydrogen-bond acceptors (Lipinski definition) is 3. The van der Waals surface area contributed by atoms with E-state index in [9.17, 15) is 18.4 Å². The molecule has 1 fully saturated rings. The van der Waals surface area contributed by atoms with Crippen LogP contribution < -0.4 is 11.0 Å². The SMILES string of the molecule is O=C(Cc1ccc(F)cc1)NCCn1nc(-c2ccc(F)cc2)n(C2CC2)c1=O. The average molecular weight is 398 g/mol. The monoisotopic (exact) mass is 398 g/mol. The highest BCUT2D eigenvalue weighted by Crippen LogP contribution is 2.36. The highest BCUT2D eigenvalue weighted by atomic mass is 19.1. The third-order valence-corrected chi connectivity index (χ3v) is 4.81. The first-order chi connectivity index (χ1) is 14.0. The number of carbonyl (C=O) groups excluding carboxylic acids is 1. The van der Waals surface area contributed by atoms with Gasteiger partial charge >= 0.3 is 5.69 Å². The summed E-state index contributed by atoms with van der Waals surface area (Å²) in [6, 6.07) is 11.7. The highest BCUT2D eigenvalue weighted by molar-refractivity contribution is 5.78. The first kappa shape index (κ1) is 19.0. The molecule has 1 aliphatic rings. The van der Waals surface area contributed by atoms with Crippen LogP contribution in [0, 0.1) is 11.6 Å². The van der Waals surface area contributed by atoms with Gasteiger partial charge in [0.2, 0.25) is 5.91 Å². The molecule has 1 aliphatic carbocycles. The molecular formula is C21H20F2N4O2. The molecule has 0 saturated heterocycles. The Hall–Kier alpha value is -3.29. The van der Waals surface area contributed by atoms with Crippen molar-refractivity contribution < 1.29 is 13.6 Å². The van der Waals surface area contributed by atoms with Crippen LogP contribution in [0.4, 0.5) is 8.78 Å². The molecule has 0 bridgehead atoms. The Balaban J connectivity index is 1.43. The summed E-state index contributed by atoms with van der Waals surface area (Å²) < 4.78 is 29.1. The number of aromatic nitrogens is 3. The molecule has 3 aromatic rings. The molecule has 0 spiro atoms. The number of nitrogens with one attached hydrogen (secondary N) is 1. The van der Waals surface area contributed by atoms with Crippen LogP contribution in [0.3, 0.4) is 0 Å². The number of hydrogen-bond donors (Lipinski definition) is 1. The van der Waals surface area contributed by atoms with Crippen molar-refractivity contribution in [3.8, 4) is 11.4 Å². The maximum Gasteiger partial charge on any atom is 0.346 e. The van der Waals surface area contributed by atoms with E-state index in [4.69, 9.17) is 0 Å². The predicted octanol–water partition coefficient (Wildman–Crippen LogP) is 2.68. The minimum absolute atomic E-state index is 0.115. The molecule has 1 amide bonds. The predicted molar refractivity (Wildman–Crippen MR) is 103 cm³/mol. The van der Waals surface area contributed by atoms with Crippen LogP contribution >= 0.6 is 0 Å². The van der Waals surface area contributed by atoms with Gasteiger partial charge in [-0.15, -0.1) is 5.10 Å². The van der Waals surface area contributed by atoms with Crippen molar-refractivity contribution in [3.63, 3.8) is 0 Å². The van der Waals surface area contributed by atoms with Crippen molar-refractivity contribution in [1.82, 2.24) is 19.7 Å². The van der Waals surface area contributed by atoms with E-state index < -0.39 is 0 Å². The van der Waals surface area contributed by atoms with E-state index in [-0.39, 0.29) is 48.8 Å². The van der Waals surface area contributed by atoms with Crippen LogP contribution in [-0.4, -0.2) is 26.8 Å². The van der Waals surface area contributed by atoms with Gasteiger partial charge in [0.15, 0.2) is 5.82 Å². The van der Waals surface area contributed by atoms with Gasteiger partial charge in [0.1, 0.15) is 11.6 Å². The van der Waals surface area contributed by atoms with E-state index in [1.165, 1.54) is 28.9 Å². The fourth-order valence-corrected chi connectivity index (χ4v) is 3.17. The lowest BCUT2D eigenvalue weighted by atomic mass is 10.1. The van der Waals surface area contributed by atoms with Crippen LogP contribution in [0.5, 0.6) is 0 Å². The Morgan fingerprint density at radius 3 is 2.28 bits per heavy atom. The molecule has 8 heteroatoms. The maximum absolute atomic E-state index is 13.2. The van der Waals surface area contributed by atoms with E-state index in [2.05, 4.69) is 10.4 Å². The van der Waals surface area contributed by atoms with Crippen molar-refractivity contribution in [3.05, 3.63) is 76.2 Å². The fraction of sp³-hybridized carbons (Fsp3) is 0.286. The molecule has 0 radical (unpaired) electrons. The van der Waals surface area contributed by atoms with Gasteiger partial charge in [-0.25, -0.2) is 18.3 Å². The van der Waals surface area contributed by atoms with Crippen LogP contribution in [0.25, 0.3) is 11.4 Å². The summed E-state index contributed by atoms with van der Waals surface area (Å²) in [5.41, 5.74) is 1.15. The lowest BCUT2D eigenvalue weighted by molar-refractivity contribution is -0.120.